The Kier molecular flexibility index (Phi) is 4.60. The SMILES string of the molecule is Brc1cccn2c(CN3CCCNCC3)c(-c3ccccn3)nc12. The predicted octanol–water partition coefficient (Wildman–Crippen LogP) is 2.95. The van der Waals surface area contributed by atoms with Crippen LogP contribution < -0.4 is 5.32 Å². The van der Waals surface area contributed by atoms with Crippen molar-refractivity contribution >= 4 is 21.6 Å². The second kappa shape index (κ2) is 7.01. The Hall–Kier alpha value is -1.76. The van der Waals surface area contributed by atoms with E-state index in [4.69, 9.17) is 4.98 Å². The quantitative estimate of drug-likeness (QED) is 0.752. The van der Waals surface area contributed by atoms with E-state index in [-0.39, 0.29) is 0 Å². The maximum Gasteiger partial charge on any atom is 0.152 e. The third kappa shape index (κ3) is 3.09. The average Bonchev–Trinajstić information content (AvgIpc) is 2.79. The molecule has 4 rings (SSSR count). The van der Waals surface area contributed by atoms with E-state index in [0.29, 0.717) is 0 Å². The highest BCUT2D eigenvalue weighted by molar-refractivity contribution is 9.10. The van der Waals surface area contributed by atoms with E-state index >= 15 is 0 Å². The fourth-order valence-corrected chi connectivity index (χ4v) is 3.65. The van der Waals surface area contributed by atoms with E-state index in [2.05, 4.69) is 47.8 Å². The van der Waals surface area contributed by atoms with Gasteiger partial charge in [0, 0.05) is 32.0 Å². The van der Waals surface area contributed by atoms with E-state index in [1.807, 2.05) is 30.5 Å². The van der Waals surface area contributed by atoms with Crippen molar-refractivity contribution < 1.29 is 0 Å². The van der Waals surface area contributed by atoms with Crippen LogP contribution in [0.5, 0.6) is 0 Å². The van der Waals surface area contributed by atoms with Crippen LogP contribution in [0.15, 0.2) is 47.2 Å². The van der Waals surface area contributed by atoms with Crippen LogP contribution in [-0.4, -0.2) is 45.4 Å². The zero-order valence-electron chi connectivity index (χ0n) is 13.5. The van der Waals surface area contributed by atoms with Crippen LogP contribution in [0, 0.1) is 0 Å². The molecule has 0 aromatic carbocycles. The van der Waals surface area contributed by atoms with Crippen LogP contribution in [0.3, 0.4) is 0 Å². The van der Waals surface area contributed by atoms with Crippen molar-refractivity contribution in [3.05, 3.63) is 52.9 Å². The number of rotatable bonds is 3. The summed E-state index contributed by atoms with van der Waals surface area (Å²) < 4.78 is 3.19. The number of aromatic nitrogens is 3. The minimum Gasteiger partial charge on any atom is -0.315 e. The van der Waals surface area contributed by atoms with Crippen molar-refractivity contribution in [2.24, 2.45) is 0 Å². The number of pyridine rings is 2. The smallest absolute Gasteiger partial charge is 0.152 e. The molecule has 0 aliphatic carbocycles. The highest BCUT2D eigenvalue weighted by Crippen LogP contribution is 2.27. The van der Waals surface area contributed by atoms with Gasteiger partial charge in [-0.25, -0.2) is 4.98 Å². The maximum absolute atomic E-state index is 4.88. The number of hydrogen-bond acceptors (Lipinski definition) is 4. The Morgan fingerprint density at radius 2 is 2.08 bits per heavy atom. The van der Waals surface area contributed by atoms with E-state index in [1.54, 1.807) is 0 Å². The third-order valence-electron chi connectivity index (χ3n) is 4.41. The van der Waals surface area contributed by atoms with E-state index < -0.39 is 0 Å². The Labute approximate surface area is 149 Å². The molecule has 0 bridgehead atoms. The van der Waals surface area contributed by atoms with Gasteiger partial charge in [0.05, 0.1) is 15.9 Å². The first kappa shape index (κ1) is 15.7. The van der Waals surface area contributed by atoms with Crippen LogP contribution in [0.2, 0.25) is 0 Å². The number of fused-ring (bicyclic) bond motifs is 1. The lowest BCUT2D eigenvalue weighted by molar-refractivity contribution is 0.280. The van der Waals surface area contributed by atoms with E-state index in [9.17, 15) is 0 Å². The summed E-state index contributed by atoms with van der Waals surface area (Å²) in [7, 11) is 0. The van der Waals surface area contributed by atoms with Gasteiger partial charge in [-0.2, -0.15) is 0 Å². The lowest BCUT2D eigenvalue weighted by Gasteiger charge is -2.19. The summed E-state index contributed by atoms with van der Waals surface area (Å²) in [6.45, 7) is 5.19. The van der Waals surface area contributed by atoms with Crippen molar-refractivity contribution in [2.45, 2.75) is 13.0 Å². The first-order valence-corrected chi connectivity index (χ1v) is 9.12. The van der Waals surface area contributed by atoms with E-state index in [1.165, 1.54) is 12.1 Å². The molecule has 0 spiro atoms. The van der Waals surface area contributed by atoms with Crippen molar-refractivity contribution in [3.63, 3.8) is 0 Å². The Morgan fingerprint density at radius 3 is 2.96 bits per heavy atom. The number of hydrogen-bond donors (Lipinski definition) is 1. The molecule has 0 unspecified atom stereocenters. The summed E-state index contributed by atoms with van der Waals surface area (Å²) in [6, 6.07) is 10.1. The van der Waals surface area contributed by atoms with Gasteiger partial charge in [0.2, 0.25) is 0 Å². The van der Waals surface area contributed by atoms with Crippen LogP contribution in [0.1, 0.15) is 12.1 Å². The number of halogens is 1. The molecule has 3 aromatic heterocycles. The lowest BCUT2D eigenvalue weighted by Crippen LogP contribution is -2.28. The highest BCUT2D eigenvalue weighted by atomic mass is 79.9. The second-order valence-electron chi connectivity index (χ2n) is 6.05. The van der Waals surface area contributed by atoms with Gasteiger partial charge in [0.1, 0.15) is 5.69 Å². The summed E-state index contributed by atoms with van der Waals surface area (Å²) in [5, 5.41) is 3.47. The first-order chi connectivity index (χ1) is 11.8. The van der Waals surface area contributed by atoms with Crippen LogP contribution >= 0.6 is 15.9 Å². The van der Waals surface area contributed by atoms with Gasteiger partial charge < -0.3 is 9.72 Å². The minimum atomic E-state index is 0.880. The summed E-state index contributed by atoms with van der Waals surface area (Å²) in [6.07, 6.45) is 5.10. The summed E-state index contributed by atoms with van der Waals surface area (Å²) in [4.78, 5) is 11.9. The number of nitrogens with one attached hydrogen (secondary N) is 1. The number of imidazole rings is 1. The van der Waals surface area contributed by atoms with Gasteiger partial charge in [0.25, 0.3) is 0 Å². The molecule has 4 heterocycles. The summed E-state index contributed by atoms with van der Waals surface area (Å²) in [5.41, 5.74) is 4.05. The summed E-state index contributed by atoms with van der Waals surface area (Å²) in [5.74, 6) is 0. The van der Waals surface area contributed by atoms with Crippen molar-refractivity contribution in [3.8, 4) is 11.4 Å². The lowest BCUT2D eigenvalue weighted by atomic mass is 10.2. The van der Waals surface area contributed by atoms with Gasteiger partial charge in [0.15, 0.2) is 5.65 Å². The summed E-state index contributed by atoms with van der Waals surface area (Å²) >= 11 is 3.63. The zero-order valence-corrected chi connectivity index (χ0v) is 15.0. The molecular formula is C18H20BrN5. The third-order valence-corrected chi connectivity index (χ3v) is 5.03. The Morgan fingerprint density at radius 1 is 1.12 bits per heavy atom. The second-order valence-corrected chi connectivity index (χ2v) is 6.91. The molecule has 6 heteroatoms. The van der Waals surface area contributed by atoms with Gasteiger partial charge in [-0.3, -0.25) is 9.88 Å². The molecule has 1 aliphatic heterocycles. The van der Waals surface area contributed by atoms with Crippen LogP contribution in [0.25, 0.3) is 17.0 Å². The normalized spacial score (nSPS) is 16.4. The molecule has 5 nitrogen and oxygen atoms in total. The van der Waals surface area contributed by atoms with Gasteiger partial charge in [-0.15, -0.1) is 0 Å². The standard InChI is InChI=1S/C18H20BrN5/c19-14-5-3-11-24-16(13-23-10-4-7-20-9-12-23)17(22-18(14)24)15-6-1-2-8-21-15/h1-3,5-6,8,11,20H,4,7,9-10,12-13H2. The Bertz CT molecular complexity index is 822. The first-order valence-electron chi connectivity index (χ1n) is 8.33. The topological polar surface area (TPSA) is 45.5 Å². The Balaban J connectivity index is 1.80. The van der Waals surface area contributed by atoms with Crippen LogP contribution in [0.4, 0.5) is 0 Å². The molecule has 3 aromatic rings. The number of nitrogens with zero attached hydrogens (tertiary/aromatic N) is 4. The van der Waals surface area contributed by atoms with E-state index in [0.717, 1.165) is 54.2 Å². The maximum atomic E-state index is 4.88. The van der Waals surface area contributed by atoms with Crippen molar-refractivity contribution in [1.82, 2.24) is 24.6 Å². The predicted molar refractivity (Wildman–Crippen MR) is 98.9 cm³/mol. The molecule has 1 saturated heterocycles. The fraction of sp³-hybridized carbons (Fsp3) is 0.333. The van der Waals surface area contributed by atoms with Gasteiger partial charge in [-0.05, 0) is 59.7 Å². The minimum absolute atomic E-state index is 0.880. The van der Waals surface area contributed by atoms with Gasteiger partial charge in [-0.1, -0.05) is 6.07 Å². The van der Waals surface area contributed by atoms with Crippen LogP contribution in [-0.2, 0) is 6.54 Å². The molecule has 0 amide bonds. The fourth-order valence-electron chi connectivity index (χ4n) is 3.21. The van der Waals surface area contributed by atoms with Crippen molar-refractivity contribution in [1.29, 1.82) is 0 Å². The average molecular weight is 386 g/mol. The molecule has 0 radical (unpaired) electrons. The largest absolute Gasteiger partial charge is 0.315 e. The molecule has 124 valence electrons. The molecule has 24 heavy (non-hydrogen) atoms. The molecular weight excluding hydrogens is 366 g/mol. The molecule has 0 saturated carbocycles. The molecule has 1 N–H and O–H groups in total. The molecule has 1 fully saturated rings. The molecule has 0 atom stereocenters. The van der Waals surface area contributed by atoms with Crippen molar-refractivity contribution in [2.75, 3.05) is 26.2 Å². The zero-order chi connectivity index (χ0) is 16.4. The molecule has 1 aliphatic rings. The van der Waals surface area contributed by atoms with Gasteiger partial charge >= 0.3 is 0 Å². The monoisotopic (exact) mass is 385 g/mol. The highest BCUT2D eigenvalue weighted by Gasteiger charge is 2.19.